The van der Waals surface area contributed by atoms with Gasteiger partial charge in [0.25, 0.3) is 0 Å². The van der Waals surface area contributed by atoms with E-state index < -0.39 is 10.0 Å². The van der Waals surface area contributed by atoms with E-state index in [1.54, 1.807) is 47.4 Å². The van der Waals surface area contributed by atoms with Crippen molar-refractivity contribution in [3.8, 4) is 11.5 Å². The number of carbonyl (C=O) groups excluding carboxylic acids is 1. The Bertz CT molecular complexity index is 1230. The number of nitrogens with one attached hydrogen (secondary N) is 1. The predicted octanol–water partition coefficient (Wildman–Crippen LogP) is 4.71. The van der Waals surface area contributed by atoms with Gasteiger partial charge < -0.3 is 10.1 Å². The Morgan fingerprint density at radius 2 is 1.66 bits per heavy atom. The highest BCUT2D eigenvalue weighted by Crippen LogP contribution is 2.35. The molecule has 0 fully saturated rings. The second-order valence-electron chi connectivity index (χ2n) is 7.87. The molecule has 0 spiro atoms. The quantitative estimate of drug-likeness (QED) is 0.609. The number of hydrogen-bond acceptors (Lipinski definition) is 4. The fraction of sp³-hybridized carbons (Fsp3) is 0.208. The first-order valence-electron chi connectivity index (χ1n) is 10.2. The lowest BCUT2D eigenvalue weighted by Gasteiger charge is -2.23. The van der Waals surface area contributed by atoms with Gasteiger partial charge in [0.05, 0.1) is 4.90 Å². The van der Waals surface area contributed by atoms with E-state index in [-0.39, 0.29) is 17.0 Å². The summed E-state index contributed by atoms with van der Waals surface area (Å²) in [5, 5.41) is 2.91. The zero-order valence-electron chi connectivity index (χ0n) is 18.1. The van der Waals surface area contributed by atoms with Crippen molar-refractivity contribution < 1.29 is 17.9 Å². The summed E-state index contributed by atoms with van der Waals surface area (Å²) in [6, 6.07) is 21.2. The zero-order valence-corrected chi connectivity index (χ0v) is 19.0. The molecule has 0 saturated carbocycles. The maximum absolute atomic E-state index is 13.0. The van der Waals surface area contributed by atoms with Crippen LogP contribution in [0.1, 0.15) is 12.5 Å². The molecule has 1 N–H and O–H groups in total. The molecule has 0 bridgehead atoms. The first-order valence-corrected chi connectivity index (χ1v) is 11.7. The summed E-state index contributed by atoms with van der Waals surface area (Å²) in [4.78, 5) is 14.9. The topological polar surface area (TPSA) is 79.0 Å². The maximum atomic E-state index is 13.0. The van der Waals surface area contributed by atoms with Crippen molar-refractivity contribution in [2.24, 2.45) is 0 Å². The Hall–Kier alpha value is -3.36. The van der Waals surface area contributed by atoms with Gasteiger partial charge >= 0.3 is 6.03 Å². The van der Waals surface area contributed by atoms with Gasteiger partial charge in [-0.2, -0.15) is 0 Å². The minimum Gasteiger partial charge on any atom is -0.457 e. The van der Waals surface area contributed by atoms with Crippen molar-refractivity contribution in [1.82, 2.24) is 4.31 Å². The Morgan fingerprint density at radius 1 is 1.00 bits per heavy atom. The van der Waals surface area contributed by atoms with Crippen LogP contribution >= 0.6 is 0 Å². The summed E-state index contributed by atoms with van der Waals surface area (Å²) in [7, 11) is -0.524. The summed E-state index contributed by atoms with van der Waals surface area (Å²) < 4.78 is 31.8. The number of para-hydroxylation sites is 1. The van der Waals surface area contributed by atoms with Crippen LogP contribution in [-0.4, -0.2) is 38.9 Å². The molecule has 166 valence electrons. The number of amides is 2. The number of rotatable bonds is 5. The SMILES string of the molecule is CC1Cc2cc(S(=O)(=O)N(C)C)ccc2N1C(=O)Nc1ccc(Oc2ccccc2)cc1. The zero-order chi connectivity index (χ0) is 22.9. The average Bonchev–Trinajstić information content (AvgIpc) is 3.10. The van der Waals surface area contributed by atoms with Gasteiger partial charge in [-0.25, -0.2) is 17.5 Å². The van der Waals surface area contributed by atoms with Crippen molar-refractivity contribution in [3.05, 3.63) is 78.4 Å². The van der Waals surface area contributed by atoms with Crippen molar-refractivity contribution in [1.29, 1.82) is 0 Å². The molecule has 2 amide bonds. The Kier molecular flexibility index (Phi) is 5.90. The van der Waals surface area contributed by atoms with Gasteiger partial charge in [-0.15, -0.1) is 0 Å². The fourth-order valence-electron chi connectivity index (χ4n) is 3.70. The van der Waals surface area contributed by atoms with Crippen LogP contribution in [0.25, 0.3) is 0 Å². The monoisotopic (exact) mass is 451 g/mol. The number of ether oxygens (including phenoxy) is 1. The van der Waals surface area contributed by atoms with E-state index in [1.807, 2.05) is 37.3 Å². The van der Waals surface area contributed by atoms with Crippen LogP contribution in [0.2, 0.25) is 0 Å². The van der Waals surface area contributed by atoms with Crippen LogP contribution < -0.4 is 15.0 Å². The largest absolute Gasteiger partial charge is 0.457 e. The maximum Gasteiger partial charge on any atom is 0.326 e. The van der Waals surface area contributed by atoms with Crippen LogP contribution in [0.4, 0.5) is 16.2 Å². The minimum atomic E-state index is -3.53. The molecule has 3 aromatic carbocycles. The molecule has 7 nitrogen and oxygen atoms in total. The van der Waals surface area contributed by atoms with Gasteiger partial charge in [0.15, 0.2) is 0 Å². The second-order valence-corrected chi connectivity index (χ2v) is 10.0. The summed E-state index contributed by atoms with van der Waals surface area (Å²) in [5.74, 6) is 1.41. The molecule has 3 aromatic rings. The van der Waals surface area contributed by atoms with Gasteiger partial charge in [0.2, 0.25) is 10.0 Å². The number of fused-ring (bicyclic) bond motifs is 1. The minimum absolute atomic E-state index is 0.0944. The molecule has 0 aromatic heterocycles. The Labute approximate surface area is 188 Å². The lowest BCUT2D eigenvalue weighted by atomic mass is 10.1. The molecule has 0 radical (unpaired) electrons. The highest BCUT2D eigenvalue weighted by atomic mass is 32.2. The number of hydrogen-bond donors (Lipinski definition) is 1. The summed E-state index contributed by atoms with van der Waals surface area (Å²) in [6.45, 7) is 1.94. The third-order valence-electron chi connectivity index (χ3n) is 5.35. The number of carbonyl (C=O) groups is 1. The van der Waals surface area contributed by atoms with E-state index in [4.69, 9.17) is 4.74 Å². The van der Waals surface area contributed by atoms with E-state index >= 15 is 0 Å². The van der Waals surface area contributed by atoms with Gasteiger partial charge in [-0.3, -0.25) is 4.90 Å². The van der Waals surface area contributed by atoms with E-state index in [0.717, 1.165) is 17.0 Å². The molecule has 1 aliphatic rings. The number of nitrogens with zero attached hydrogens (tertiary/aromatic N) is 2. The van der Waals surface area contributed by atoms with Crippen LogP contribution in [0.15, 0.2) is 77.7 Å². The molecule has 32 heavy (non-hydrogen) atoms. The van der Waals surface area contributed by atoms with Crippen molar-refractivity contribution in [2.75, 3.05) is 24.3 Å². The summed E-state index contributed by atoms with van der Waals surface area (Å²) >= 11 is 0. The first kappa shape index (κ1) is 21.9. The highest BCUT2D eigenvalue weighted by Gasteiger charge is 2.32. The normalized spacial score (nSPS) is 15.5. The Balaban J connectivity index is 1.49. The van der Waals surface area contributed by atoms with Crippen LogP contribution in [0, 0.1) is 0 Å². The highest BCUT2D eigenvalue weighted by molar-refractivity contribution is 7.89. The molecule has 0 saturated heterocycles. The molecular weight excluding hydrogens is 426 g/mol. The van der Waals surface area contributed by atoms with Gasteiger partial charge in [-0.1, -0.05) is 18.2 Å². The van der Waals surface area contributed by atoms with Gasteiger partial charge in [0.1, 0.15) is 11.5 Å². The smallest absolute Gasteiger partial charge is 0.326 e. The predicted molar refractivity (Wildman–Crippen MR) is 125 cm³/mol. The Morgan fingerprint density at radius 3 is 2.31 bits per heavy atom. The van der Waals surface area contributed by atoms with Crippen molar-refractivity contribution in [3.63, 3.8) is 0 Å². The van der Waals surface area contributed by atoms with Crippen LogP contribution in [0.5, 0.6) is 11.5 Å². The summed E-state index contributed by atoms with van der Waals surface area (Å²) in [5.41, 5.74) is 2.20. The average molecular weight is 452 g/mol. The molecule has 1 heterocycles. The van der Waals surface area contributed by atoms with Crippen molar-refractivity contribution in [2.45, 2.75) is 24.3 Å². The first-order chi connectivity index (χ1) is 15.3. The lowest BCUT2D eigenvalue weighted by molar-refractivity contribution is 0.256. The van der Waals surface area contributed by atoms with E-state index in [9.17, 15) is 13.2 Å². The molecule has 4 rings (SSSR count). The number of sulfonamides is 1. The third kappa shape index (κ3) is 4.32. The van der Waals surface area contributed by atoms with Crippen LogP contribution in [0.3, 0.4) is 0 Å². The lowest BCUT2D eigenvalue weighted by Crippen LogP contribution is -2.39. The van der Waals surface area contributed by atoms with E-state index in [2.05, 4.69) is 5.32 Å². The molecule has 1 atom stereocenters. The van der Waals surface area contributed by atoms with Crippen LogP contribution in [-0.2, 0) is 16.4 Å². The van der Waals surface area contributed by atoms with Gasteiger partial charge in [0, 0.05) is 31.5 Å². The number of anilines is 2. The van der Waals surface area contributed by atoms with Crippen molar-refractivity contribution >= 4 is 27.4 Å². The molecule has 0 aliphatic carbocycles. The second kappa shape index (κ2) is 8.64. The fourth-order valence-corrected chi connectivity index (χ4v) is 4.66. The third-order valence-corrected chi connectivity index (χ3v) is 7.16. The van der Waals surface area contributed by atoms with E-state index in [1.165, 1.54) is 18.4 Å². The molecule has 1 aliphatic heterocycles. The van der Waals surface area contributed by atoms with E-state index in [0.29, 0.717) is 17.9 Å². The molecule has 1 unspecified atom stereocenters. The number of urea groups is 1. The molecular formula is C24H25N3O4S. The number of benzene rings is 3. The summed E-state index contributed by atoms with van der Waals surface area (Å²) in [6.07, 6.45) is 0.587. The standard InChI is InChI=1S/C24H25N3O4S/c1-17-15-18-16-22(32(29,30)26(2)3)13-14-23(18)27(17)24(28)25-19-9-11-21(12-10-19)31-20-7-5-4-6-8-20/h4-14,16-17H,15H2,1-3H3,(H,25,28). The molecule has 8 heteroatoms. The van der Waals surface area contributed by atoms with Gasteiger partial charge in [-0.05, 0) is 73.5 Å².